The summed E-state index contributed by atoms with van der Waals surface area (Å²) in [6.07, 6.45) is 2.12. The second-order valence-corrected chi connectivity index (χ2v) is 4.31. The number of amides is 1. The van der Waals surface area contributed by atoms with Gasteiger partial charge in [-0.05, 0) is 18.1 Å². The number of nitrogens with one attached hydrogen (secondary N) is 1. The van der Waals surface area contributed by atoms with Crippen molar-refractivity contribution in [1.29, 1.82) is 0 Å². The highest BCUT2D eigenvalue weighted by Gasteiger charge is 2.13. The minimum Gasteiger partial charge on any atom is -0.495 e. The van der Waals surface area contributed by atoms with Gasteiger partial charge < -0.3 is 15.8 Å². The molecule has 0 atom stereocenters. The number of para-hydroxylation sites is 1. The Balaban J connectivity index is 2.73. The summed E-state index contributed by atoms with van der Waals surface area (Å²) >= 11 is 0. The maximum absolute atomic E-state index is 12.0. The van der Waals surface area contributed by atoms with Crippen LogP contribution >= 0.6 is 0 Å². The quantitative estimate of drug-likeness (QED) is 0.762. The first-order valence-corrected chi connectivity index (χ1v) is 6.34. The highest BCUT2D eigenvalue weighted by molar-refractivity contribution is 6.00. The lowest BCUT2D eigenvalue weighted by molar-refractivity contribution is 0.0947. The number of rotatable bonds is 6. The van der Waals surface area contributed by atoms with Crippen molar-refractivity contribution in [2.24, 2.45) is 5.92 Å². The first-order chi connectivity index (χ1) is 8.63. The molecule has 1 aromatic rings. The Kier molecular flexibility index (Phi) is 5.49. The van der Waals surface area contributed by atoms with E-state index >= 15 is 0 Å². The van der Waals surface area contributed by atoms with Crippen LogP contribution in [0.3, 0.4) is 0 Å². The zero-order valence-electron chi connectivity index (χ0n) is 11.3. The lowest BCUT2D eigenvalue weighted by Gasteiger charge is -2.14. The van der Waals surface area contributed by atoms with Gasteiger partial charge in [0.1, 0.15) is 5.75 Å². The maximum atomic E-state index is 12.0. The van der Waals surface area contributed by atoms with Crippen LogP contribution in [0.25, 0.3) is 0 Å². The molecule has 100 valence electrons. The predicted octanol–water partition coefficient (Wildman–Crippen LogP) is 2.44. The van der Waals surface area contributed by atoms with Crippen molar-refractivity contribution >= 4 is 11.6 Å². The van der Waals surface area contributed by atoms with Gasteiger partial charge in [0.2, 0.25) is 0 Å². The molecule has 0 aliphatic rings. The lowest BCUT2D eigenvalue weighted by atomic mass is 10.0. The minimum absolute atomic E-state index is 0.140. The molecule has 0 heterocycles. The van der Waals surface area contributed by atoms with E-state index in [4.69, 9.17) is 10.5 Å². The molecular formula is C14H22N2O2. The summed E-state index contributed by atoms with van der Waals surface area (Å²) in [5, 5.41) is 2.92. The number of ether oxygens (including phenoxy) is 1. The van der Waals surface area contributed by atoms with Crippen LogP contribution in [0.1, 0.15) is 37.0 Å². The number of nitrogen functional groups attached to an aromatic ring is 1. The molecule has 1 amide bonds. The van der Waals surface area contributed by atoms with Crippen molar-refractivity contribution in [3.05, 3.63) is 23.8 Å². The second kappa shape index (κ2) is 6.89. The van der Waals surface area contributed by atoms with Gasteiger partial charge in [0.25, 0.3) is 5.91 Å². The van der Waals surface area contributed by atoms with E-state index in [0.717, 1.165) is 12.8 Å². The van der Waals surface area contributed by atoms with Gasteiger partial charge in [-0.3, -0.25) is 4.79 Å². The molecule has 0 fully saturated rings. The average molecular weight is 250 g/mol. The van der Waals surface area contributed by atoms with E-state index in [-0.39, 0.29) is 5.91 Å². The third kappa shape index (κ3) is 3.39. The summed E-state index contributed by atoms with van der Waals surface area (Å²) in [4.78, 5) is 12.0. The largest absolute Gasteiger partial charge is 0.495 e. The Bertz CT molecular complexity index is 401. The van der Waals surface area contributed by atoms with Gasteiger partial charge in [-0.25, -0.2) is 0 Å². The highest BCUT2D eigenvalue weighted by atomic mass is 16.5. The zero-order chi connectivity index (χ0) is 13.5. The molecule has 0 radical (unpaired) electrons. The molecular weight excluding hydrogens is 228 g/mol. The smallest absolute Gasteiger partial charge is 0.253 e. The number of hydrogen-bond donors (Lipinski definition) is 2. The maximum Gasteiger partial charge on any atom is 0.253 e. The lowest BCUT2D eigenvalue weighted by Crippen LogP contribution is -2.29. The van der Waals surface area contributed by atoms with Crippen LogP contribution in [0.4, 0.5) is 5.69 Å². The van der Waals surface area contributed by atoms with Crippen LogP contribution in [-0.2, 0) is 0 Å². The summed E-state index contributed by atoms with van der Waals surface area (Å²) in [6.45, 7) is 4.93. The fraction of sp³-hybridized carbons (Fsp3) is 0.500. The highest BCUT2D eigenvalue weighted by Crippen LogP contribution is 2.24. The van der Waals surface area contributed by atoms with E-state index in [1.165, 1.54) is 7.11 Å². The van der Waals surface area contributed by atoms with Crippen LogP contribution < -0.4 is 15.8 Å². The topological polar surface area (TPSA) is 64.3 Å². The van der Waals surface area contributed by atoms with E-state index in [9.17, 15) is 4.79 Å². The molecule has 1 aromatic carbocycles. The van der Waals surface area contributed by atoms with E-state index in [1.807, 2.05) is 0 Å². The summed E-state index contributed by atoms with van der Waals surface area (Å²) in [6, 6.07) is 5.22. The number of nitrogens with two attached hydrogens (primary N) is 1. The molecule has 0 aliphatic heterocycles. The van der Waals surface area contributed by atoms with Gasteiger partial charge in [0.05, 0.1) is 18.4 Å². The van der Waals surface area contributed by atoms with E-state index < -0.39 is 0 Å². The first kappa shape index (κ1) is 14.4. The SMILES string of the molecule is CCC(CC)CNC(=O)c1cccc(OC)c1N. The Hall–Kier alpha value is -1.71. The van der Waals surface area contributed by atoms with Gasteiger partial charge in [0.15, 0.2) is 0 Å². The molecule has 18 heavy (non-hydrogen) atoms. The summed E-state index contributed by atoms with van der Waals surface area (Å²) in [7, 11) is 1.54. The van der Waals surface area contributed by atoms with Crippen molar-refractivity contribution < 1.29 is 9.53 Å². The fourth-order valence-electron chi connectivity index (χ4n) is 1.83. The van der Waals surface area contributed by atoms with Crippen LogP contribution in [-0.4, -0.2) is 19.6 Å². The van der Waals surface area contributed by atoms with Gasteiger partial charge in [0, 0.05) is 6.54 Å². The van der Waals surface area contributed by atoms with Gasteiger partial charge in [-0.2, -0.15) is 0 Å². The third-order valence-corrected chi connectivity index (χ3v) is 3.24. The predicted molar refractivity (Wildman–Crippen MR) is 73.8 cm³/mol. The zero-order valence-corrected chi connectivity index (χ0v) is 11.3. The average Bonchev–Trinajstić information content (AvgIpc) is 2.40. The Morgan fingerprint density at radius 2 is 2.06 bits per heavy atom. The molecule has 0 saturated carbocycles. The normalized spacial score (nSPS) is 10.4. The number of benzene rings is 1. The number of hydrogen-bond acceptors (Lipinski definition) is 3. The molecule has 0 aliphatic carbocycles. The molecule has 4 nitrogen and oxygen atoms in total. The third-order valence-electron chi connectivity index (χ3n) is 3.24. The molecule has 0 aromatic heterocycles. The molecule has 3 N–H and O–H groups in total. The molecule has 1 rings (SSSR count). The number of methoxy groups -OCH3 is 1. The van der Waals surface area contributed by atoms with Gasteiger partial charge in [-0.15, -0.1) is 0 Å². The van der Waals surface area contributed by atoms with Crippen LogP contribution in [0, 0.1) is 5.92 Å². The van der Waals surface area contributed by atoms with Crippen molar-refractivity contribution in [1.82, 2.24) is 5.32 Å². The van der Waals surface area contributed by atoms with Crippen LogP contribution in [0.2, 0.25) is 0 Å². The molecule has 0 spiro atoms. The summed E-state index contributed by atoms with van der Waals surface area (Å²) in [5.74, 6) is 0.907. The van der Waals surface area contributed by atoms with E-state index in [1.54, 1.807) is 18.2 Å². The van der Waals surface area contributed by atoms with E-state index in [2.05, 4.69) is 19.2 Å². The fourth-order valence-corrected chi connectivity index (χ4v) is 1.83. The van der Waals surface area contributed by atoms with Crippen molar-refractivity contribution in [3.63, 3.8) is 0 Å². The summed E-state index contributed by atoms with van der Waals surface area (Å²) < 4.78 is 5.10. The van der Waals surface area contributed by atoms with Crippen molar-refractivity contribution in [3.8, 4) is 5.75 Å². The molecule has 0 saturated heterocycles. The van der Waals surface area contributed by atoms with Crippen molar-refractivity contribution in [2.75, 3.05) is 19.4 Å². The molecule has 0 bridgehead atoms. The number of anilines is 1. The summed E-state index contributed by atoms with van der Waals surface area (Å²) in [5.41, 5.74) is 6.74. The molecule has 0 unspecified atom stereocenters. The molecule has 4 heteroatoms. The van der Waals surface area contributed by atoms with Crippen molar-refractivity contribution in [2.45, 2.75) is 26.7 Å². The second-order valence-electron chi connectivity index (χ2n) is 4.31. The van der Waals surface area contributed by atoms with Gasteiger partial charge in [-0.1, -0.05) is 32.8 Å². The first-order valence-electron chi connectivity index (χ1n) is 6.34. The van der Waals surface area contributed by atoms with E-state index in [0.29, 0.717) is 29.5 Å². The van der Waals surface area contributed by atoms with Gasteiger partial charge >= 0.3 is 0 Å². The Morgan fingerprint density at radius 1 is 1.39 bits per heavy atom. The van der Waals surface area contributed by atoms with Crippen LogP contribution in [0.15, 0.2) is 18.2 Å². The van der Waals surface area contributed by atoms with Crippen LogP contribution in [0.5, 0.6) is 5.75 Å². The Morgan fingerprint density at radius 3 is 2.61 bits per heavy atom. The number of carbonyl (C=O) groups is 1. The minimum atomic E-state index is -0.140. The standard InChI is InChI=1S/C14H22N2O2/c1-4-10(5-2)9-16-14(17)11-7-6-8-12(18-3)13(11)15/h6-8,10H,4-5,9,15H2,1-3H3,(H,16,17). The Labute approximate surface area is 109 Å². The number of carbonyl (C=O) groups excluding carboxylic acids is 1. The monoisotopic (exact) mass is 250 g/mol.